The van der Waals surface area contributed by atoms with E-state index in [2.05, 4.69) is 15.4 Å². The lowest BCUT2D eigenvalue weighted by atomic mass is 10.0. The molecule has 34 heavy (non-hydrogen) atoms. The Bertz CT molecular complexity index is 1610. The van der Waals surface area contributed by atoms with E-state index in [-0.39, 0.29) is 18.7 Å². The van der Waals surface area contributed by atoms with Gasteiger partial charge in [-0.15, -0.1) is 0 Å². The lowest BCUT2D eigenvalue weighted by molar-refractivity contribution is -0.116. The number of carbonyl (C=O) groups excluding carboxylic acids is 1. The fourth-order valence-electron chi connectivity index (χ4n) is 4.20. The van der Waals surface area contributed by atoms with Crippen molar-refractivity contribution in [2.45, 2.75) is 40.5 Å². The molecular weight excluding hydrogens is 432 g/mol. The van der Waals surface area contributed by atoms with Crippen molar-refractivity contribution in [3.8, 4) is 5.82 Å². The van der Waals surface area contributed by atoms with Gasteiger partial charge in [-0.1, -0.05) is 6.07 Å². The van der Waals surface area contributed by atoms with Crippen LogP contribution in [0.1, 0.15) is 34.6 Å². The predicted molar refractivity (Wildman–Crippen MR) is 130 cm³/mol. The first-order chi connectivity index (χ1) is 16.3. The van der Waals surface area contributed by atoms with Gasteiger partial charge in [0.1, 0.15) is 22.7 Å². The number of fused-ring (bicyclic) bond motifs is 2. The number of pyridine rings is 1. The number of aromatic nitrogens is 3. The van der Waals surface area contributed by atoms with E-state index in [1.54, 1.807) is 23.0 Å². The van der Waals surface area contributed by atoms with Gasteiger partial charge in [-0.25, -0.2) is 9.78 Å². The van der Waals surface area contributed by atoms with Crippen LogP contribution in [0.5, 0.6) is 0 Å². The van der Waals surface area contributed by atoms with Crippen molar-refractivity contribution in [3.63, 3.8) is 0 Å². The lowest BCUT2D eigenvalue weighted by Gasteiger charge is -2.10. The molecule has 0 spiro atoms. The number of nitrogens with zero attached hydrogens (tertiary/aromatic N) is 3. The zero-order valence-corrected chi connectivity index (χ0v) is 19.4. The van der Waals surface area contributed by atoms with E-state index in [9.17, 15) is 9.59 Å². The molecule has 8 heteroatoms. The monoisotopic (exact) mass is 456 g/mol. The molecule has 0 aliphatic rings. The summed E-state index contributed by atoms with van der Waals surface area (Å²) in [6.45, 7) is 7.65. The summed E-state index contributed by atoms with van der Waals surface area (Å²) in [6.07, 6.45) is 2.05. The molecular formula is C26H24N4O4. The maximum atomic E-state index is 12.8. The molecule has 1 aromatic carbocycles. The molecule has 8 nitrogen and oxygen atoms in total. The average molecular weight is 457 g/mol. The lowest BCUT2D eigenvalue weighted by Crippen LogP contribution is -2.18. The number of amides is 1. The third-order valence-electron chi connectivity index (χ3n) is 6.15. The van der Waals surface area contributed by atoms with Crippen LogP contribution in [0, 0.1) is 27.7 Å². The largest absolute Gasteiger partial charge is 0.461 e. The van der Waals surface area contributed by atoms with Gasteiger partial charge in [-0.2, -0.15) is 9.78 Å². The van der Waals surface area contributed by atoms with Crippen LogP contribution in [0.3, 0.4) is 0 Å². The molecule has 0 radical (unpaired) electrons. The second kappa shape index (κ2) is 8.30. The van der Waals surface area contributed by atoms with Crippen molar-refractivity contribution in [2.24, 2.45) is 0 Å². The molecule has 1 N–H and O–H groups in total. The highest BCUT2D eigenvalue weighted by molar-refractivity contribution is 5.97. The maximum Gasteiger partial charge on any atom is 0.339 e. The summed E-state index contributed by atoms with van der Waals surface area (Å²) in [5.74, 6) is 1.74. The van der Waals surface area contributed by atoms with E-state index in [1.165, 1.54) is 0 Å². The van der Waals surface area contributed by atoms with Crippen LogP contribution in [0.4, 0.5) is 5.82 Å². The minimum absolute atomic E-state index is 0.121. The predicted octanol–water partition coefficient (Wildman–Crippen LogP) is 4.92. The quantitative estimate of drug-likeness (QED) is 0.376. The zero-order chi connectivity index (χ0) is 24.0. The highest BCUT2D eigenvalue weighted by Gasteiger charge is 2.17. The number of benzene rings is 1. The molecule has 172 valence electrons. The van der Waals surface area contributed by atoms with Crippen LogP contribution in [0.2, 0.25) is 0 Å². The van der Waals surface area contributed by atoms with E-state index in [0.29, 0.717) is 28.4 Å². The SMILES string of the molecule is Cc1cc(NC(=O)CCc2c(C)c3cc4c(C)c(C)oc4cc3oc2=O)n(-c2ccccn2)n1. The Morgan fingerprint density at radius 1 is 1.00 bits per heavy atom. The highest BCUT2D eigenvalue weighted by Crippen LogP contribution is 2.31. The molecule has 5 rings (SSSR count). The minimum Gasteiger partial charge on any atom is -0.461 e. The first kappa shape index (κ1) is 21.6. The Morgan fingerprint density at radius 3 is 2.53 bits per heavy atom. The fourth-order valence-corrected chi connectivity index (χ4v) is 4.20. The first-order valence-corrected chi connectivity index (χ1v) is 11.1. The van der Waals surface area contributed by atoms with Crippen LogP contribution in [-0.4, -0.2) is 20.7 Å². The summed E-state index contributed by atoms with van der Waals surface area (Å²) >= 11 is 0. The first-order valence-electron chi connectivity index (χ1n) is 11.1. The van der Waals surface area contributed by atoms with Crippen LogP contribution in [0.25, 0.3) is 27.8 Å². The Morgan fingerprint density at radius 2 is 1.76 bits per heavy atom. The molecule has 1 amide bonds. The number of hydrogen-bond acceptors (Lipinski definition) is 6. The van der Waals surface area contributed by atoms with Crippen molar-refractivity contribution >= 4 is 33.7 Å². The van der Waals surface area contributed by atoms with Crippen molar-refractivity contribution in [3.05, 3.63) is 81.2 Å². The van der Waals surface area contributed by atoms with Gasteiger partial charge >= 0.3 is 5.63 Å². The molecule has 0 aliphatic heterocycles. The molecule has 0 aliphatic carbocycles. The number of nitrogens with one attached hydrogen (secondary N) is 1. The van der Waals surface area contributed by atoms with Gasteiger partial charge in [0.2, 0.25) is 5.91 Å². The maximum absolute atomic E-state index is 12.8. The van der Waals surface area contributed by atoms with Crippen LogP contribution in [0.15, 0.2) is 56.2 Å². The molecule has 0 saturated heterocycles. The Balaban J connectivity index is 1.40. The number of rotatable bonds is 5. The zero-order valence-electron chi connectivity index (χ0n) is 19.4. The second-order valence-corrected chi connectivity index (χ2v) is 8.44. The van der Waals surface area contributed by atoms with E-state index in [4.69, 9.17) is 8.83 Å². The topological polar surface area (TPSA) is 103 Å². The summed E-state index contributed by atoms with van der Waals surface area (Å²) in [6, 6.07) is 11.0. The van der Waals surface area contributed by atoms with Gasteiger partial charge in [0.05, 0.1) is 5.69 Å². The van der Waals surface area contributed by atoms with Crippen molar-refractivity contribution in [1.29, 1.82) is 0 Å². The molecule has 0 saturated carbocycles. The normalized spacial score (nSPS) is 11.4. The summed E-state index contributed by atoms with van der Waals surface area (Å²) in [7, 11) is 0. The van der Waals surface area contributed by atoms with E-state index in [0.717, 1.165) is 33.4 Å². The number of hydrogen-bond donors (Lipinski definition) is 1. The van der Waals surface area contributed by atoms with E-state index >= 15 is 0 Å². The third kappa shape index (κ3) is 3.77. The van der Waals surface area contributed by atoms with Crippen LogP contribution < -0.4 is 10.9 Å². The summed E-state index contributed by atoms with van der Waals surface area (Å²) in [4.78, 5) is 29.8. The van der Waals surface area contributed by atoms with Crippen LogP contribution >= 0.6 is 0 Å². The van der Waals surface area contributed by atoms with Gasteiger partial charge in [0.15, 0.2) is 5.82 Å². The van der Waals surface area contributed by atoms with E-state index < -0.39 is 5.63 Å². The number of furan rings is 1. The third-order valence-corrected chi connectivity index (χ3v) is 6.15. The average Bonchev–Trinajstić information content (AvgIpc) is 3.31. The summed E-state index contributed by atoms with van der Waals surface area (Å²) < 4.78 is 12.9. The van der Waals surface area contributed by atoms with Gasteiger partial charge in [-0.05, 0) is 63.4 Å². The number of aryl methyl sites for hydroxylation is 4. The van der Waals surface area contributed by atoms with Gasteiger partial charge < -0.3 is 14.2 Å². The van der Waals surface area contributed by atoms with Crippen molar-refractivity contribution < 1.29 is 13.6 Å². The van der Waals surface area contributed by atoms with E-state index in [1.807, 2.05) is 52.0 Å². The van der Waals surface area contributed by atoms with Crippen molar-refractivity contribution in [2.75, 3.05) is 5.32 Å². The molecule has 4 aromatic heterocycles. The highest BCUT2D eigenvalue weighted by atomic mass is 16.4. The Kier molecular flexibility index (Phi) is 5.28. The van der Waals surface area contributed by atoms with Gasteiger partial charge in [0, 0.05) is 41.1 Å². The fraction of sp³-hybridized carbons (Fsp3) is 0.231. The Labute approximate surface area is 195 Å². The molecule has 0 fully saturated rings. The smallest absolute Gasteiger partial charge is 0.339 e. The molecule has 0 atom stereocenters. The standard InChI is InChI=1S/C26H24N4O4/c1-14-11-24(30(29-14)23-7-5-6-10-27-23)28-25(31)9-8-18-16(3)20-12-19-15(2)17(4)33-21(19)13-22(20)34-26(18)32/h5-7,10-13H,8-9H2,1-4H3,(H,28,31). The van der Waals surface area contributed by atoms with Gasteiger partial charge in [0.25, 0.3) is 0 Å². The van der Waals surface area contributed by atoms with Crippen molar-refractivity contribution in [1.82, 2.24) is 14.8 Å². The Hall–Kier alpha value is -4.20. The molecule has 4 heterocycles. The summed E-state index contributed by atoms with van der Waals surface area (Å²) in [5, 5.41) is 9.13. The minimum atomic E-state index is -0.438. The number of anilines is 1. The van der Waals surface area contributed by atoms with Gasteiger partial charge in [-0.3, -0.25) is 4.79 Å². The van der Waals surface area contributed by atoms with Crippen LogP contribution in [-0.2, 0) is 11.2 Å². The molecule has 5 aromatic rings. The molecule has 0 bridgehead atoms. The summed E-state index contributed by atoms with van der Waals surface area (Å²) in [5.41, 5.74) is 3.85. The molecule has 0 unspecified atom stereocenters. The second-order valence-electron chi connectivity index (χ2n) is 8.44. The number of carbonyl (C=O) groups is 1.